The first kappa shape index (κ1) is 14.9. The Hall–Kier alpha value is -2.55. The number of methoxy groups -OCH3 is 2. The first-order valence-electron chi connectivity index (χ1n) is 6.82. The topological polar surface area (TPSA) is 73.0 Å². The number of rotatable bonds is 6. The summed E-state index contributed by atoms with van der Waals surface area (Å²) in [5.41, 5.74) is 1.92. The molecule has 0 unspecified atom stereocenters. The Morgan fingerprint density at radius 3 is 2.71 bits per heavy atom. The van der Waals surface area contributed by atoms with E-state index in [0.29, 0.717) is 17.2 Å². The van der Waals surface area contributed by atoms with E-state index < -0.39 is 0 Å². The van der Waals surface area contributed by atoms with Gasteiger partial charge in [-0.3, -0.25) is 0 Å². The van der Waals surface area contributed by atoms with Gasteiger partial charge in [0.15, 0.2) is 5.69 Å². The lowest BCUT2D eigenvalue weighted by molar-refractivity contribution is 0.392. The summed E-state index contributed by atoms with van der Waals surface area (Å²) in [4.78, 5) is 0. The van der Waals surface area contributed by atoms with Gasteiger partial charge >= 0.3 is 0 Å². The molecule has 2 aromatic rings. The zero-order chi connectivity index (χ0) is 15.2. The quantitative estimate of drug-likeness (QED) is 0.815. The van der Waals surface area contributed by atoms with Gasteiger partial charge in [0.25, 0.3) is 0 Å². The summed E-state index contributed by atoms with van der Waals surface area (Å²) in [6.45, 7) is 2.11. The van der Waals surface area contributed by atoms with Gasteiger partial charge in [0.2, 0.25) is 0 Å². The Bertz CT molecular complexity index is 658. The van der Waals surface area contributed by atoms with Crippen LogP contribution in [0.2, 0.25) is 0 Å². The predicted molar refractivity (Wildman–Crippen MR) is 77.8 cm³/mol. The molecule has 0 bridgehead atoms. The molecule has 0 radical (unpaired) electrons. The number of hydrogen-bond acceptors (Lipinski definition) is 5. The lowest BCUT2D eigenvalue weighted by Gasteiger charge is -2.12. The van der Waals surface area contributed by atoms with Crippen LogP contribution in [0.4, 0.5) is 0 Å². The molecule has 1 heterocycles. The molecule has 6 heteroatoms. The maximum absolute atomic E-state index is 9.17. The van der Waals surface area contributed by atoms with E-state index in [2.05, 4.69) is 23.3 Å². The van der Waals surface area contributed by atoms with E-state index in [9.17, 15) is 0 Å². The van der Waals surface area contributed by atoms with Crippen LogP contribution in [-0.4, -0.2) is 29.2 Å². The van der Waals surface area contributed by atoms with Crippen molar-refractivity contribution in [3.8, 4) is 23.3 Å². The molecule has 0 N–H and O–H groups in total. The van der Waals surface area contributed by atoms with Crippen LogP contribution >= 0.6 is 0 Å². The largest absolute Gasteiger partial charge is 0.497 e. The fourth-order valence-electron chi connectivity index (χ4n) is 2.11. The molecule has 21 heavy (non-hydrogen) atoms. The summed E-state index contributed by atoms with van der Waals surface area (Å²) in [7, 11) is 3.19. The van der Waals surface area contributed by atoms with Gasteiger partial charge in [0.1, 0.15) is 23.3 Å². The van der Waals surface area contributed by atoms with Gasteiger partial charge in [-0.1, -0.05) is 18.6 Å². The van der Waals surface area contributed by atoms with E-state index in [1.54, 1.807) is 25.0 Å². The monoisotopic (exact) mass is 286 g/mol. The number of benzene rings is 1. The summed E-state index contributed by atoms with van der Waals surface area (Å²) in [5.74, 6) is 1.33. The van der Waals surface area contributed by atoms with Gasteiger partial charge in [0, 0.05) is 6.07 Å². The minimum atomic E-state index is 0.362. The maximum atomic E-state index is 9.17. The van der Waals surface area contributed by atoms with E-state index in [4.69, 9.17) is 14.7 Å². The third kappa shape index (κ3) is 2.97. The van der Waals surface area contributed by atoms with Gasteiger partial charge in [-0.2, -0.15) is 5.26 Å². The molecule has 0 amide bonds. The van der Waals surface area contributed by atoms with Crippen molar-refractivity contribution in [3.63, 3.8) is 0 Å². The van der Waals surface area contributed by atoms with Gasteiger partial charge in [-0.25, -0.2) is 4.68 Å². The molecular formula is C15H18N4O2. The van der Waals surface area contributed by atoms with Crippen LogP contribution < -0.4 is 9.47 Å². The van der Waals surface area contributed by atoms with Crippen LogP contribution in [0.5, 0.6) is 11.5 Å². The highest BCUT2D eigenvalue weighted by atomic mass is 16.5. The first-order chi connectivity index (χ1) is 10.2. The smallest absolute Gasteiger partial charge is 0.186 e. The number of ether oxygens (including phenoxy) is 2. The summed E-state index contributed by atoms with van der Waals surface area (Å²) < 4.78 is 12.3. The molecule has 0 spiro atoms. The zero-order valence-corrected chi connectivity index (χ0v) is 12.5. The van der Waals surface area contributed by atoms with Crippen LogP contribution in [-0.2, 0) is 6.42 Å². The van der Waals surface area contributed by atoms with Crippen LogP contribution in [0, 0.1) is 11.3 Å². The molecule has 0 aliphatic carbocycles. The molecule has 0 atom stereocenters. The average molecular weight is 286 g/mol. The summed E-state index contributed by atoms with van der Waals surface area (Å²) in [5, 5.41) is 17.2. The van der Waals surface area contributed by atoms with Crippen molar-refractivity contribution in [2.45, 2.75) is 26.2 Å². The summed E-state index contributed by atoms with van der Waals surface area (Å²) in [6, 6.07) is 7.56. The van der Waals surface area contributed by atoms with Gasteiger partial charge in [-0.05, 0) is 25.0 Å². The highest BCUT2D eigenvalue weighted by molar-refractivity contribution is 5.51. The third-order valence-electron chi connectivity index (χ3n) is 3.25. The molecule has 0 aliphatic heterocycles. The lowest BCUT2D eigenvalue weighted by atomic mass is 10.1. The third-order valence-corrected chi connectivity index (χ3v) is 3.25. The molecule has 0 saturated heterocycles. The lowest BCUT2D eigenvalue weighted by Crippen LogP contribution is -2.05. The molecule has 2 rings (SSSR count). The normalized spacial score (nSPS) is 10.2. The molecular weight excluding hydrogens is 268 g/mol. The van der Waals surface area contributed by atoms with Crippen molar-refractivity contribution >= 4 is 0 Å². The molecule has 0 aliphatic rings. The van der Waals surface area contributed by atoms with Gasteiger partial charge in [0.05, 0.1) is 19.9 Å². The summed E-state index contributed by atoms with van der Waals surface area (Å²) >= 11 is 0. The molecule has 1 aromatic heterocycles. The van der Waals surface area contributed by atoms with Crippen molar-refractivity contribution in [2.24, 2.45) is 0 Å². The minimum Gasteiger partial charge on any atom is -0.497 e. The van der Waals surface area contributed by atoms with E-state index in [1.807, 2.05) is 12.1 Å². The Balaban J connectivity index is 2.51. The molecule has 0 saturated carbocycles. The predicted octanol–water partition coefficient (Wildman–Crippen LogP) is 2.50. The van der Waals surface area contributed by atoms with Crippen LogP contribution in [0.3, 0.4) is 0 Å². The molecule has 1 aromatic carbocycles. The van der Waals surface area contributed by atoms with Crippen LogP contribution in [0.15, 0.2) is 18.2 Å². The highest BCUT2D eigenvalue weighted by Crippen LogP contribution is 2.29. The van der Waals surface area contributed by atoms with E-state index in [0.717, 1.165) is 30.6 Å². The van der Waals surface area contributed by atoms with E-state index in [1.165, 1.54) is 0 Å². The van der Waals surface area contributed by atoms with Crippen molar-refractivity contribution in [3.05, 3.63) is 29.6 Å². The van der Waals surface area contributed by atoms with Crippen LogP contribution in [0.25, 0.3) is 5.69 Å². The second-order valence-electron chi connectivity index (χ2n) is 4.55. The van der Waals surface area contributed by atoms with Crippen molar-refractivity contribution in [1.82, 2.24) is 15.0 Å². The average Bonchev–Trinajstić information content (AvgIpc) is 2.94. The number of nitrogens with zero attached hydrogens (tertiary/aromatic N) is 4. The number of hydrogen-bond donors (Lipinski definition) is 0. The Morgan fingerprint density at radius 2 is 2.10 bits per heavy atom. The Morgan fingerprint density at radius 1 is 1.29 bits per heavy atom. The maximum Gasteiger partial charge on any atom is 0.186 e. The zero-order valence-electron chi connectivity index (χ0n) is 12.5. The Labute approximate surface area is 123 Å². The van der Waals surface area contributed by atoms with Gasteiger partial charge in [-0.15, -0.1) is 5.10 Å². The standard InChI is InChI=1S/C15H18N4O2/c1-4-5-6-13-12(10-16)17-18-19(13)14-8-7-11(20-2)9-15(14)21-3/h7-9H,4-6H2,1-3H3. The molecule has 6 nitrogen and oxygen atoms in total. The summed E-state index contributed by atoms with van der Waals surface area (Å²) in [6.07, 6.45) is 2.76. The highest BCUT2D eigenvalue weighted by Gasteiger charge is 2.17. The van der Waals surface area contributed by atoms with Crippen molar-refractivity contribution in [2.75, 3.05) is 14.2 Å². The number of unbranched alkanes of at least 4 members (excludes halogenated alkanes) is 1. The van der Waals surface area contributed by atoms with Crippen molar-refractivity contribution in [1.29, 1.82) is 5.26 Å². The fraction of sp³-hybridized carbons (Fsp3) is 0.400. The number of aromatic nitrogens is 3. The Kier molecular flexibility index (Phi) is 4.77. The number of nitriles is 1. The minimum absolute atomic E-state index is 0.362. The second-order valence-corrected chi connectivity index (χ2v) is 4.55. The van der Waals surface area contributed by atoms with E-state index >= 15 is 0 Å². The van der Waals surface area contributed by atoms with Crippen LogP contribution in [0.1, 0.15) is 31.2 Å². The van der Waals surface area contributed by atoms with Crippen molar-refractivity contribution < 1.29 is 9.47 Å². The van der Waals surface area contributed by atoms with Gasteiger partial charge < -0.3 is 9.47 Å². The fourth-order valence-corrected chi connectivity index (χ4v) is 2.11. The molecule has 110 valence electrons. The SMILES string of the molecule is CCCCc1c(C#N)nnn1-c1ccc(OC)cc1OC. The van der Waals surface area contributed by atoms with E-state index in [-0.39, 0.29) is 0 Å². The first-order valence-corrected chi connectivity index (χ1v) is 6.82. The second kappa shape index (κ2) is 6.75. The molecule has 0 fully saturated rings.